The molecule has 2 atom stereocenters. The summed E-state index contributed by atoms with van der Waals surface area (Å²) in [5.41, 5.74) is 0.214. The molecular weight excluding hydrogens is 138 g/mol. The SMILES string of the molecule is C[C@@H]1CN(C(C)(C)C)C[C@@H]1O. The summed E-state index contributed by atoms with van der Waals surface area (Å²) < 4.78 is 0. The van der Waals surface area contributed by atoms with Gasteiger partial charge in [0.1, 0.15) is 0 Å². The van der Waals surface area contributed by atoms with Crippen LogP contribution in [0.4, 0.5) is 0 Å². The van der Waals surface area contributed by atoms with Crippen molar-refractivity contribution < 1.29 is 5.11 Å². The number of nitrogens with zero attached hydrogens (tertiary/aromatic N) is 1. The number of aliphatic hydroxyl groups excluding tert-OH is 1. The molecule has 0 aromatic rings. The Morgan fingerprint density at radius 3 is 2.00 bits per heavy atom. The highest BCUT2D eigenvalue weighted by atomic mass is 16.3. The molecule has 0 aromatic carbocycles. The summed E-state index contributed by atoms with van der Waals surface area (Å²) in [6.45, 7) is 10.6. The Bertz CT molecular complexity index is 129. The van der Waals surface area contributed by atoms with E-state index in [9.17, 15) is 5.11 Å². The van der Waals surface area contributed by atoms with Gasteiger partial charge in [-0.1, -0.05) is 6.92 Å². The summed E-state index contributed by atoms with van der Waals surface area (Å²) >= 11 is 0. The van der Waals surface area contributed by atoms with Crippen LogP contribution in [0.25, 0.3) is 0 Å². The second kappa shape index (κ2) is 2.76. The molecule has 11 heavy (non-hydrogen) atoms. The van der Waals surface area contributed by atoms with Gasteiger partial charge in [0.15, 0.2) is 0 Å². The summed E-state index contributed by atoms with van der Waals surface area (Å²) in [7, 11) is 0. The van der Waals surface area contributed by atoms with E-state index in [0.717, 1.165) is 13.1 Å². The highest BCUT2D eigenvalue weighted by Crippen LogP contribution is 2.23. The van der Waals surface area contributed by atoms with Crippen LogP contribution in [0.1, 0.15) is 27.7 Å². The predicted octanol–water partition coefficient (Wildman–Crippen LogP) is 1.10. The third-order valence-corrected chi connectivity index (χ3v) is 2.52. The largest absolute Gasteiger partial charge is 0.391 e. The molecule has 1 fully saturated rings. The maximum Gasteiger partial charge on any atom is 0.0705 e. The highest BCUT2D eigenvalue weighted by molar-refractivity contribution is 4.87. The minimum atomic E-state index is -0.116. The molecule has 1 N–H and O–H groups in total. The first-order valence-electron chi connectivity index (χ1n) is 4.34. The minimum Gasteiger partial charge on any atom is -0.391 e. The van der Waals surface area contributed by atoms with Crippen molar-refractivity contribution in [2.45, 2.75) is 39.3 Å². The monoisotopic (exact) mass is 157 g/mol. The van der Waals surface area contributed by atoms with Crippen LogP contribution in [0.5, 0.6) is 0 Å². The number of likely N-dealkylation sites (tertiary alicyclic amines) is 1. The minimum absolute atomic E-state index is 0.116. The number of hydrogen-bond acceptors (Lipinski definition) is 2. The van der Waals surface area contributed by atoms with Crippen LogP contribution in [0.3, 0.4) is 0 Å². The lowest BCUT2D eigenvalue weighted by Crippen LogP contribution is -2.40. The molecule has 0 amide bonds. The van der Waals surface area contributed by atoms with Crippen molar-refractivity contribution in [3.63, 3.8) is 0 Å². The van der Waals surface area contributed by atoms with Gasteiger partial charge in [0.2, 0.25) is 0 Å². The van der Waals surface area contributed by atoms with Gasteiger partial charge >= 0.3 is 0 Å². The maximum atomic E-state index is 9.49. The summed E-state index contributed by atoms with van der Waals surface area (Å²) in [6, 6.07) is 0. The molecule has 0 spiro atoms. The Kier molecular flexibility index (Phi) is 2.26. The first-order valence-corrected chi connectivity index (χ1v) is 4.34. The van der Waals surface area contributed by atoms with Gasteiger partial charge in [0.25, 0.3) is 0 Å². The molecule has 0 saturated carbocycles. The first-order chi connectivity index (χ1) is 4.91. The lowest BCUT2D eigenvalue weighted by atomic mass is 10.1. The van der Waals surface area contributed by atoms with Gasteiger partial charge in [0, 0.05) is 18.6 Å². The third-order valence-electron chi connectivity index (χ3n) is 2.52. The van der Waals surface area contributed by atoms with Crippen LogP contribution in [-0.4, -0.2) is 34.7 Å². The quantitative estimate of drug-likeness (QED) is 0.569. The fourth-order valence-corrected chi connectivity index (χ4v) is 1.50. The van der Waals surface area contributed by atoms with Crippen molar-refractivity contribution in [2.75, 3.05) is 13.1 Å². The van der Waals surface area contributed by atoms with E-state index < -0.39 is 0 Å². The van der Waals surface area contributed by atoms with Crippen molar-refractivity contribution in [1.29, 1.82) is 0 Å². The standard InChI is InChI=1S/C9H19NO/c1-7-5-10(6-8(7)11)9(2,3)4/h7-8,11H,5-6H2,1-4H3/t7-,8+/m1/s1. The lowest BCUT2D eigenvalue weighted by molar-refractivity contribution is 0.124. The van der Waals surface area contributed by atoms with Crippen LogP contribution >= 0.6 is 0 Å². The molecule has 2 heteroatoms. The molecule has 1 rings (SSSR count). The van der Waals surface area contributed by atoms with Crippen LogP contribution < -0.4 is 0 Å². The van der Waals surface area contributed by atoms with Crippen LogP contribution in [0.2, 0.25) is 0 Å². The third kappa shape index (κ3) is 1.94. The fourth-order valence-electron chi connectivity index (χ4n) is 1.50. The second-order valence-corrected chi connectivity index (χ2v) is 4.62. The van der Waals surface area contributed by atoms with Crippen LogP contribution in [0, 0.1) is 5.92 Å². The molecule has 1 heterocycles. The molecular formula is C9H19NO. The molecule has 2 nitrogen and oxygen atoms in total. The van der Waals surface area contributed by atoms with Crippen molar-refractivity contribution >= 4 is 0 Å². The molecule has 1 saturated heterocycles. The summed E-state index contributed by atoms with van der Waals surface area (Å²) in [5.74, 6) is 0.439. The molecule has 0 aromatic heterocycles. The van der Waals surface area contributed by atoms with Gasteiger partial charge in [-0.05, 0) is 26.7 Å². The zero-order valence-electron chi connectivity index (χ0n) is 7.96. The Hall–Kier alpha value is -0.0800. The number of rotatable bonds is 0. The Morgan fingerprint density at radius 1 is 1.27 bits per heavy atom. The highest BCUT2D eigenvalue weighted by Gasteiger charge is 2.33. The van der Waals surface area contributed by atoms with Gasteiger partial charge in [-0.25, -0.2) is 0 Å². The van der Waals surface area contributed by atoms with Crippen molar-refractivity contribution in [1.82, 2.24) is 4.90 Å². The Morgan fingerprint density at radius 2 is 1.82 bits per heavy atom. The average Bonchev–Trinajstić information content (AvgIpc) is 2.11. The molecule has 66 valence electrons. The Balaban J connectivity index is 2.54. The second-order valence-electron chi connectivity index (χ2n) is 4.62. The zero-order chi connectivity index (χ0) is 8.65. The van der Waals surface area contributed by atoms with Crippen molar-refractivity contribution in [3.8, 4) is 0 Å². The van der Waals surface area contributed by atoms with E-state index in [1.807, 2.05) is 0 Å². The molecule has 1 aliphatic rings. The summed E-state index contributed by atoms with van der Waals surface area (Å²) in [4.78, 5) is 2.34. The molecule has 0 aliphatic carbocycles. The van der Waals surface area contributed by atoms with E-state index in [-0.39, 0.29) is 11.6 Å². The summed E-state index contributed by atoms with van der Waals surface area (Å²) in [5, 5.41) is 9.49. The van der Waals surface area contributed by atoms with E-state index >= 15 is 0 Å². The van der Waals surface area contributed by atoms with Gasteiger partial charge < -0.3 is 5.11 Å². The van der Waals surface area contributed by atoms with E-state index in [1.165, 1.54) is 0 Å². The van der Waals surface area contributed by atoms with Gasteiger partial charge in [0.05, 0.1) is 6.10 Å². The smallest absolute Gasteiger partial charge is 0.0705 e. The molecule has 0 unspecified atom stereocenters. The normalized spacial score (nSPS) is 34.6. The maximum absolute atomic E-state index is 9.49. The molecule has 0 bridgehead atoms. The molecule has 0 radical (unpaired) electrons. The van der Waals surface area contributed by atoms with Gasteiger partial charge in [-0.3, -0.25) is 4.90 Å². The van der Waals surface area contributed by atoms with E-state index in [0.29, 0.717) is 5.92 Å². The van der Waals surface area contributed by atoms with E-state index in [4.69, 9.17) is 0 Å². The van der Waals surface area contributed by atoms with E-state index in [1.54, 1.807) is 0 Å². The topological polar surface area (TPSA) is 23.5 Å². The van der Waals surface area contributed by atoms with Crippen molar-refractivity contribution in [2.24, 2.45) is 5.92 Å². The first kappa shape index (κ1) is 9.01. The predicted molar refractivity (Wildman–Crippen MR) is 46.5 cm³/mol. The van der Waals surface area contributed by atoms with Gasteiger partial charge in [-0.2, -0.15) is 0 Å². The summed E-state index contributed by atoms with van der Waals surface area (Å²) in [6.07, 6.45) is -0.116. The van der Waals surface area contributed by atoms with E-state index in [2.05, 4.69) is 32.6 Å². The van der Waals surface area contributed by atoms with Crippen LogP contribution in [0.15, 0.2) is 0 Å². The number of aliphatic hydroxyl groups is 1. The lowest BCUT2D eigenvalue weighted by Gasteiger charge is -2.31. The Labute approximate surface area is 69.2 Å². The fraction of sp³-hybridized carbons (Fsp3) is 1.00. The molecule has 1 aliphatic heterocycles. The number of hydrogen-bond donors (Lipinski definition) is 1. The number of β-amino-alcohol motifs (C(OH)–C–C–N with tert-alkyl or cyclic N) is 1. The van der Waals surface area contributed by atoms with Crippen LogP contribution in [-0.2, 0) is 0 Å². The van der Waals surface area contributed by atoms with Gasteiger partial charge in [-0.15, -0.1) is 0 Å². The zero-order valence-corrected chi connectivity index (χ0v) is 7.96. The average molecular weight is 157 g/mol. The van der Waals surface area contributed by atoms with Crippen molar-refractivity contribution in [3.05, 3.63) is 0 Å².